The summed E-state index contributed by atoms with van der Waals surface area (Å²) >= 11 is 12.0. The first-order valence-corrected chi connectivity index (χ1v) is 9.03. The zero-order chi connectivity index (χ0) is 19.8. The molecule has 0 bridgehead atoms. The molecule has 0 radical (unpaired) electrons. The quantitative estimate of drug-likeness (QED) is 0.580. The molecule has 0 saturated heterocycles. The van der Waals surface area contributed by atoms with Crippen LogP contribution >= 0.6 is 23.2 Å². The molecule has 0 aliphatic carbocycles. The van der Waals surface area contributed by atoms with Crippen molar-refractivity contribution < 1.29 is 19.4 Å². The van der Waals surface area contributed by atoms with E-state index < -0.39 is 18.5 Å². The number of carbonyl (C=O) groups excluding carboxylic acids is 2. The van der Waals surface area contributed by atoms with Crippen molar-refractivity contribution in [2.75, 3.05) is 25.1 Å². The Morgan fingerprint density at radius 1 is 1.19 bits per heavy atom. The molecule has 6 nitrogen and oxygen atoms in total. The Morgan fingerprint density at radius 3 is 2.63 bits per heavy atom. The maximum absolute atomic E-state index is 12.2. The number of hydrogen-bond acceptors (Lipinski definition) is 5. The van der Waals surface area contributed by atoms with Crippen LogP contribution in [0.1, 0.15) is 28.9 Å². The molecule has 2 aromatic carbocycles. The van der Waals surface area contributed by atoms with Gasteiger partial charge in [-0.2, -0.15) is 0 Å². The van der Waals surface area contributed by atoms with Gasteiger partial charge in [-0.25, -0.2) is 4.79 Å². The number of para-hydroxylation sites is 1. The number of aliphatic hydroxyl groups is 1. The van der Waals surface area contributed by atoms with E-state index in [1.807, 2.05) is 0 Å². The minimum absolute atomic E-state index is 0.0725. The van der Waals surface area contributed by atoms with E-state index >= 15 is 0 Å². The number of rotatable bonds is 8. The molecule has 0 aliphatic heterocycles. The van der Waals surface area contributed by atoms with Crippen molar-refractivity contribution in [3.63, 3.8) is 0 Å². The Kier molecular flexibility index (Phi) is 7.91. The largest absolute Gasteiger partial charge is 0.452 e. The Bertz CT molecular complexity index is 814. The first-order chi connectivity index (χ1) is 12.9. The molecule has 8 heteroatoms. The van der Waals surface area contributed by atoms with Gasteiger partial charge in [0.2, 0.25) is 0 Å². The normalized spacial score (nSPS) is 11.6. The molecular weight excluding hydrogens is 391 g/mol. The van der Waals surface area contributed by atoms with E-state index in [2.05, 4.69) is 10.6 Å². The summed E-state index contributed by atoms with van der Waals surface area (Å²) < 4.78 is 5.09. The number of nitrogens with one attached hydrogen (secondary N) is 2. The van der Waals surface area contributed by atoms with Crippen molar-refractivity contribution in [3.8, 4) is 0 Å². The third kappa shape index (κ3) is 6.13. The highest BCUT2D eigenvalue weighted by molar-refractivity contribution is 6.35. The Morgan fingerprint density at radius 2 is 1.93 bits per heavy atom. The highest BCUT2D eigenvalue weighted by Crippen LogP contribution is 2.26. The van der Waals surface area contributed by atoms with Gasteiger partial charge in [0.1, 0.15) is 0 Å². The third-order valence-corrected chi connectivity index (χ3v) is 4.28. The van der Waals surface area contributed by atoms with Gasteiger partial charge in [0, 0.05) is 22.3 Å². The van der Waals surface area contributed by atoms with Gasteiger partial charge in [-0.15, -0.1) is 0 Å². The predicted octanol–water partition coefficient (Wildman–Crippen LogP) is 3.43. The molecule has 0 fully saturated rings. The summed E-state index contributed by atoms with van der Waals surface area (Å²) in [5, 5.41) is 15.5. The number of carbonyl (C=O) groups is 2. The Balaban J connectivity index is 1.92. The second kappa shape index (κ2) is 10.2. The lowest BCUT2D eigenvalue weighted by molar-refractivity contribution is -0.124. The fourth-order valence-electron chi connectivity index (χ4n) is 2.43. The summed E-state index contributed by atoms with van der Waals surface area (Å²) in [5.41, 5.74) is 1.52. The van der Waals surface area contributed by atoms with Crippen LogP contribution in [0.4, 0.5) is 5.69 Å². The summed E-state index contributed by atoms with van der Waals surface area (Å²) in [7, 11) is 0. The number of halogens is 2. The number of aliphatic hydroxyl groups excluding tert-OH is 1. The Labute approximate surface area is 167 Å². The Hall–Kier alpha value is -2.28. The molecule has 144 valence electrons. The molecule has 1 amide bonds. The van der Waals surface area contributed by atoms with Crippen LogP contribution < -0.4 is 10.6 Å². The van der Waals surface area contributed by atoms with Crippen LogP contribution in [-0.4, -0.2) is 36.7 Å². The second-order valence-corrected chi connectivity index (χ2v) is 6.57. The summed E-state index contributed by atoms with van der Waals surface area (Å²) in [6.07, 6.45) is 0. The standard InChI is InChI=1S/C19H20Cl2N2O4/c1-12(14-7-6-13(20)10-16(14)21)23-18(25)11-27-19(26)15-4-2-3-5-17(15)22-8-9-24/h2-7,10,12,22,24H,8-9,11H2,1H3,(H,23,25)/t12-/m1/s1. The van der Waals surface area contributed by atoms with Gasteiger partial charge in [0.05, 0.1) is 18.2 Å². The van der Waals surface area contributed by atoms with Crippen LogP contribution in [0.15, 0.2) is 42.5 Å². The number of ether oxygens (including phenoxy) is 1. The number of esters is 1. The average molecular weight is 411 g/mol. The van der Waals surface area contributed by atoms with Gasteiger partial charge in [0.25, 0.3) is 5.91 Å². The van der Waals surface area contributed by atoms with E-state index in [4.69, 9.17) is 33.0 Å². The molecule has 2 rings (SSSR count). The molecule has 3 N–H and O–H groups in total. The number of hydrogen-bond donors (Lipinski definition) is 3. The van der Waals surface area contributed by atoms with Crippen molar-refractivity contribution >= 4 is 40.8 Å². The van der Waals surface area contributed by atoms with E-state index in [-0.39, 0.29) is 18.2 Å². The highest BCUT2D eigenvalue weighted by atomic mass is 35.5. The third-order valence-electron chi connectivity index (χ3n) is 3.72. The smallest absolute Gasteiger partial charge is 0.340 e. The molecule has 27 heavy (non-hydrogen) atoms. The van der Waals surface area contributed by atoms with E-state index in [9.17, 15) is 9.59 Å². The topological polar surface area (TPSA) is 87.7 Å². The first kappa shape index (κ1) is 21.0. The maximum atomic E-state index is 12.2. The van der Waals surface area contributed by atoms with Gasteiger partial charge in [-0.3, -0.25) is 4.79 Å². The van der Waals surface area contributed by atoms with Gasteiger partial charge >= 0.3 is 5.97 Å². The number of amides is 1. The van der Waals surface area contributed by atoms with E-state index in [1.54, 1.807) is 49.4 Å². The van der Waals surface area contributed by atoms with Crippen LogP contribution in [0.3, 0.4) is 0 Å². The average Bonchev–Trinajstić information content (AvgIpc) is 2.64. The second-order valence-electron chi connectivity index (χ2n) is 5.73. The fourth-order valence-corrected chi connectivity index (χ4v) is 3.00. The van der Waals surface area contributed by atoms with Crippen molar-refractivity contribution in [3.05, 3.63) is 63.6 Å². The molecule has 1 atom stereocenters. The van der Waals surface area contributed by atoms with Crippen LogP contribution in [-0.2, 0) is 9.53 Å². The first-order valence-electron chi connectivity index (χ1n) is 8.27. The van der Waals surface area contributed by atoms with E-state index in [1.165, 1.54) is 0 Å². The SMILES string of the molecule is C[C@@H](NC(=O)COC(=O)c1ccccc1NCCO)c1ccc(Cl)cc1Cl. The summed E-state index contributed by atoms with van der Waals surface area (Å²) in [4.78, 5) is 24.3. The molecular formula is C19H20Cl2N2O4. The van der Waals surface area contributed by atoms with Gasteiger partial charge in [-0.05, 0) is 36.8 Å². The zero-order valence-corrected chi connectivity index (χ0v) is 16.2. The van der Waals surface area contributed by atoms with Crippen molar-refractivity contribution in [2.45, 2.75) is 13.0 Å². The van der Waals surface area contributed by atoms with E-state index in [0.717, 1.165) is 0 Å². The molecule has 0 spiro atoms. The molecule has 0 saturated carbocycles. The zero-order valence-electron chi connectivity index (χ0n) is 14.7. The highest BCUT2D eigenvalue weighted by Gasteiger charge is 2.17. The lowest BCUT2D eigenvalue weighted by Gasteiger charge is -2.16. The van der Waals surface area contributed by atoms with Crippen molar-refractivity contribution in [2.24, 2.45) is 0 Å². The fraction of sp³-hybridized carbons (Fsp3) is 0.263. The summed E-state index contributed by atoms with van der Waals surface area (Å²) in [6, 6.07) is 11.3. The van der Waals surface area contributed by atoms with Crippen LogP contribution in [0.5, 0.6) is 0 Å². The molecule has 0 heterocycles. The number of anilines is 1. The summed E-state index contributed by atoms with van der Waals surface area (Å²) in [6.45, 7) is 1.56. The van der Waals surface area contributed by atoms with E-state index in [0.29, 0.717) is 27.8 Å². The molecule has 0 unspecified atom stereocenters. The predicted molar refractivity (Wildman–Crippen MR) is 105 cm³/mol. The minimum atomic E-state index is -0.636. The van der Waals surface area contributed by atoms with Gasteiger partial charge < -0.3 is 20.5 Å². The van der Waals surface area contributed by atoms with Crippen LogP contribution in [0, 0.1) is 0 Å². The maximum Gasteiger partial charge on any atom is 0.340 e. The lowest BCUT2D eigenvalue weighted by atomic mass is 10.1. The molecule has 2 aromatic rings. The monoisotopic (exact) mass is 410 g/mol. The molecule has 0 aromatic heterocycles. The van der Waals surface area contributed by atoms with Crippen LogP contribution in [0.2, 0.25) is 10.0 Å². The minimum Gasteiger partial charge on any atom is -0.452 e. The van der Waals surface area contributed by atoms with Gasteiger partial charge in [0.15, 0.2) is 6.61 Å². The van der Waals surface area contributed by atoms with Gasteiger partial charge in [-0.1, -0.05) is 41.4 Å². The molecule has 0 aliphatic rings. The lowest BCUT2D eigenvalue weighted by Crippen LogP contribution is -2.31. The van der Waals surface area contributed by atoms with Crippen molar-refractivity contribution in [1.29, 1.82) is 0 Å². The number of benzene rings is 2. The van der Waals surface area contributed by atoms with Crippen LogP contribution in [0.25, 0.3) is 0 Å². The summed E-state index contributed by atoms with van der Waals surface area (Å²) in [5.74, 6) is -1.09. The van der Waals surface area contributed by atoms with Crippen molar-refractivity contribution in [1.82, 2.24) is 5.32 Å².